The van der Waals surface area contributed by atoms with Crippen molar-refractivity contribution in [2.24, 2.45) is 7.05 Å². The second-order valence-corrected chi connectivity index (χ2v) is 8.20. The molecule has 0 aliphatic carbocycles. The maximum Gasteiger partial charge on any atom is 0.419 e. The highest BCUT2D eigenvalue weighted by Crippen LogP contribution is 2.33. The minimum Gasteiger partial charge on any atom is -0.408 e. The molecule has 0 saturated carbocycles. The number of benzene rings is 2. The van der Waals surface area contributed by atoms with E-state index in [0.717, 1.165) is 12.1 Å². The summed E-state index contributed by atoms with van der Waals surface area (Å²) in [7, 11) is 1.76. The first kappa shape index (κ1) is 19.0. The van der Waals surface area contributed by atoms with Crippen LogP contribution in [-0.2, 0) is 13.5 Å². The fraction of sp³-hybridized carbons (Fsp3) is 0.458. The molecule has 148 valence electrons. The van der Waals surface area contributed by atoms with Crippen LogP contribution in [0.4, 0.5) is 0 Å². The van der Waals surface area contributed by atoms with E-state index in [1.54, 1.807) is 11.6 Å². The minimum absolute atomic E-state index is 0.286. The Morgan fingerprint density at radius 3 is 2.71 bits per heavy atom. The first-order chi connectivity index (χ1) is 13.6. The Morgan fingerprint density at radius 2 is 1.93 bits per heavy atom. The number of fused-ring (bicyclic) bond motifs is 1. The van der Waals surface area contributed by atoms with E-state index in [9.17, 15) is 4.79 Å². The summed E-state index contributed by atoms with van der Waals surface area (Å²) in [5.41, 5.74) is 4.33. The zero-order valence-electron chi connectivity index (χ0n) is 16.9. The lowest BCUT2D eigenvalue weighted by atomic mass is 9.85. The molecule has 1 saturated heterocycles. The first-order valence-corrected chi connectivity index (χ1v) is 10.5. The number of nitrogens with zero attached hydrogens (tertiary/aromatic N) is 2. The number of hydrogen-bond acceptors (Lipinski definition) is 3. The van der Waals surface area contributed by atoms with E-state index < -0.39 is 0 Å². The maximum absolute atomic E-state index is 11.7. The highest BCUT2D eigenvalue weighted by molar-refractivity contribution is 5.73. The highest BCUT2D eigenvalue weighted by Gasteiger charge is 2.26. The number of likely N-dealkylation sites (tertiary alicyclic amines) is 1. The van der Waals surface area contributed by atoms with Crippen molar-refractivity contribution in [2.75, 3.05) is 13.1 Å². The van der Waals surface area contributed by atoms with Crippen LogP contribution in [0.15, 0.2) is 57.7 Å². The lowest BCUT2D eigenvalue weighted by Crippen LogP contribution is -2.40. The van der Waals surface area contributed by atoms with Crippen LogP contribution in [0.3, 0.4) is 0 Å². The summed E-state index contributed by atoms with van der Waals surface area (Å²) in [6, 6.07) is 17.6. The fourth-order valence-electron chi connectivity index (χ4n) is 4.55. The molecule has 2 heterocycles. The number of rotatable bonds is 6. The van der Waals surface area contributed by atoms with Gasteiger partial charge in [-0.1, -0.05) is 36.4 Å². The smallest absolute Gasteiger partial charge is 0.408 e. The summed E-state index contributed by atoms with van der Waals surface area (Å²) in [6.45, 7) is 4.69. The molecule has 0 N–H and O–H groups in total. The Morgan fingerprint density at radius 1 is 1.11 bits per heavy atom. The Balaban J connectivity index is 1.30. The molecule has 1 aromatic heterocycles. The molecule has 1 fully saturated rings. The molecular weight excluding hydrogens is 348 g/mol. The molecule has 28 heavy (non-hydrogen) atoms. The normalized spacial score (nSPS) is 20.6. The molecule has 0 bridgehead atoms. The molecule has 1 aliphatic heterocycles. The van der Waals surface area contributed by atoms with Crippen molar-refractivity contribution >= 4 is 11.1 Å². The van der Waals surface area contributed by atoms with E-state index in [0.29, 0.717) is 17.5 Å². The van der Waals surface area contributed by atoms with Crippen LogP contribution in [0.25, 0.3) is 11.1 Å². The predicted molar refractivity (Wildman–Crippen MR) is 114 cm³/mol. The van der Waals surface area contributed by atoms with E-state index in [1.165, 1.54) is 49.8 Å². The number of aryl methyl sites for hydroxylation is 2. The molecule has 4 rings (SSSR count). The van der Waals surface area contributed by atoms with Gasteiger partial charge in [-0.25, -0.2) is 4.79 Å². The summed E-state index contributed by atoms with van der Waals surface area (Å²) < 4.78 is 6.95. The highest BCUT2D eigenvalue weighted by atomic mass is 16.4. The van der Waals surface area contributed by atoms with Crippen molar-refractivity contribution in [1.29, 1.82) is 0 Å². The van der Waals surface area contributed by atoms with E-state index in [1.807, 2.05) is 6.07 Å². The zero-order chi connectivity index (χ0) is 19.5. The number of piperidine rings is 1. The summed E-state index contributed by atoms with van der Waals surface area (Å²) in [5.74, 6) is 0.260. The van der Waals surface area contributed by atoms with Crippen molar-refractivity contribution in [2.45, 2.75) is 51.0 Å². The monoisotopic (exact) mass is 378 g/mol. The van der Waals surface area contributed by atoms with Crippen molar-refractivity contribution < 1.29 is 4.42 Å². The van der Waals surface area contributed by atoms with Gasteiger partial charge in [-0.15, -0.1) is 0 Å². The van der Waals surface area contributed by atoms with Gasteiger partial charge in [0.05, 0.1) is 5.52 Å². The molecule has 0 amide bonds. The van der Waals surface area contributed by atoms with Gasteiger partial charge < -0.3 is 9.32 Å². The molecule has 1 unspecified atom stereocenters. The van der Waals surface area contributed by atoms with Crippen LogP contribution < -0.4 is 5.76 Å². The number of unbranched alkanes of at least 4 members (excludes halogenated alkanes) is 1. The first-order valence-electron chi connectivity index (χ1n) is 10.5. The molecule has 0 spiro atoms. The van der Waals surface area contributed by atoms with Gasteiger partial charge in [0.2, 0.25) is 0 Å². The number of aromatic nitrogens is 1. The summed E-state index contributed by atoms with van der Waals surface area (Å²) in [5, 5.41) is 0. The molecule has 2 atom stereocenters. The fourth-order valence-corrected chi connectivity index (χ4v) is 4.55. The van der Waals surface area contributed by atoms with Gasteiger partial charge in [-0.2, -0.15) is 0 Å². The average molecular weight is 379 g/mol. The maximum atomic E-state index is 11.7. The van der Waals surface area contributed by atoms with E-state index in [4.69, 9.17) is 4.42 Å². The Labute approximate surface area is 166 Å². The SMILES string of the molecule is C[C@H]1CC(c2ccc3c(c2)oc(=O)n3C)CCN1CCCCc1ccccc1. The third-order valence-corrected chi connectivity index (χ3v) is 6.31. The predicted octanol–water partition coefficient (Wildman–Crippen LogP) is 4.72. The van der Waals surface area contributed by atoms with Gasteiger partial charge >= 0.3 is 5.76 Å². The largest absolute Gasteiger partial charge is 0.419 e. The van der Waals surface area contributed by atoms with E-state index in [-0.39, 0.29) is 5.76 Å². The topological polar surface area (TPSA) is 38.4 Å². The van der Waals surface area contributed by atoms with Crippen molar-refractivity contribution in [3.8, 4) is 0 Å². The Bertz CT molecular complexity index is 973. The van der Waals surface area contributed by atoms with Gasteiger partial charge in [0.15, 0.2) is 5.58 Å². The minimum atomic E-state index is -0.286. The lowest BCUT2D eigenvalue weighted by Gasteiger charge is -2.38. The van der Waals surface area contributed by atoms with Crippen molar-refractivity contribution in [3.63, 3.8) is 0 Å². The molecule has 3 aromatic rings. The third kappa shape index (κ3) is 4.07. The van der Waals surface area contributed by atoms with Gasteiger partial charge in [0.1, 0.15) is 0 Å². The van der Waals surface area contributed by atoms with Crippen LogP contribution in [0, 0.1) is 0 Å². The number of hydrogen-bond donors (Lipinski definition) is 0. The molecule has 4 nitrogen and oxygen atoms in total. The summed E-state index contributed by atoms with van der Waals surface area (Å²) in [6.07, 6.45) is 6.02. The summed E-state index contributed by atoms with van der Waals surface area (Å²) >= 11 is 0. The second-order valence-electron chi connectivity index (χ2n) is 8.20. The van der Waals surface area contributed by atoms with Crippen LogP contribution in [0.1, 0.15) is 49.7 Å². The van der Waals surface area contributed by atoms with Crippen molar-refractivity contribution in [1.82, 2.24) is 9.47 Å². The number of oxazole rings is 1. The average Bonchev–Trinajstić information content (AvgIpc) is 3.00. The van der Waals surface area contributed by atoms with Crippen LogP contribution in [0.2, 0.25) is 0 Å². The van der Waals surface area contributed by atoms with Crippen molar-refractivity contribution in [3.05, 3.63) is 70.2 Å². The molecule has 0 radical (unpaired) electrons. The van der Waals surface area contributed by atoms with Crippen LogP contribution >= 0.6 is 0 Å². The van der Waals surface area contributed by atoms with Gasteiger partial charge in [0, 0.05) is 13.1 Å². The lowest BCUT2D eigenvalue weighted by molar-refractivity contribution is 0.144. The van der Waals surface area contributed by atoms with E-state index in [2.05, 4.69) is 54.3 Å². The Hall–Kier alpha value is -2.33. The molecule has 4 heteroatoms. The zero-order valence-corrected chi connectivity index (χ0v) is 16.9. The quantitative estimate of drug-likeness (QED) is 0.583. The van der Waals surface area contributed by atoms with Crippen LogP contribution in [0.5, 0.6) is 0 Å². The molecular formula is C24H30N2O2. The molecule has 1 aliphatic rings. The summed E-state index contributed by atoms with van der Waals surface area (Å²) in [4.78, 5) is 14.4. The third-order valence-electron chi connectivity index (χ3n) is 6.31. The van der Waals surface area contributed by atoms with Gasteiger partial charge in [-0.05, 0) is 81.3 Å². The van der Waals surface area contributed by atoms with Gasteiger partial charge in [-0.3, -0.25) is 4.57 Å². The van der Waals surface area contributed by atoms with Gasteiger partial charge in [0.25, 0.3) is 0 Å². The van der Waals surface area contributed by atoms with Crippen LogP contribution in [-0.4, -0.2) is 28.6 Å². The standard InChI is InChI=1S/C24H30N2O2/c1-18-16-21(20-11-12-22-23(17-20)28-24(27)25(22)2)13-15-26(18)14-7-6-10-19-8-4-3-5-9-19/h3-5,8-9,11-12,17-18,21H,6-7,10,13-16H2,1-2H3/t18-,21?/m0/s1. The van der Waals surface area contributed by atoms with E-state index >= 15 is 0 Å². The molecule has 2 aromatic carbocycles. The Kier molecular flexibility index (Phi) is 5.67. The second kappa shape index (κ2) is 8.36.